The minimum atomic E-state index is -0.135. The van der Waals surface area contributed by atoms with Gasteiger partial charge in [-0.2, -0.15) is 0 Å². The van der Waals surface area contributed by atoms with E-state index in [9.17, 15) is 24.0 Å². The van der Waals surface area contributed by atoms with Gasteiger partial charge >= 0.3 is 0 Å². The molecule has 190 valence electrons. The number of fused-ring (bicyclic) bond motifs is 15. The van der Waals surface area contributed by atoms with Crippen LogP contribution in [0.15, 0.2) is 0 Å². The average molecular weight is 525 g/mol. The van der Waals surface area contributed by atoms with Gasteiger partial charge in [0.15, 0.2) is 0 Å². The van der Waals surface area contributed by atoms with Crippen LogP contribution in [0.25, 0.3) is 53.9 Å². The molecule has 10 heteroatoms. The number of nitrogens with one attached hydrogen (secondary N) is 5. The largest absolute Gasteiger partial charge is 0.325 e. The zero-order chi connectivity index (χ0) is 26.5. The molecule has 0 atom stereocenters. The van der Waals surface area contributed by atoms with Crippen molar-refractivity contribution in [1.82, 2.24) is 0 Å². The molecule has 5 N–H and O–H groups in total. The summed E-state index contributed by atoms with van der Waals surface area (Å²) < 4.78 is 0. The van der Waals surface area contributed by atoms with Gasteiger partial charge in [0.25, 0.3) is 0 Å². The number of carbonyl (C=O) groups is 5. The first-order valence-corrected chi connectivity index (χ1v) is 13.3. The van der Waals surface area contributed by atoms with E-state index in [2.05, 4.69) is 26.6 Å². The second-order valence-electron chi connectivity index (χ2n) is 11.6. The lowest BCUT2D eigenvalue weighted by molar-refractivity contribution is -0.115. The van der Waals surface area contributed by atoms with Crippen molar-refractivity contribution < 1.29 is 24.0 Å². The molecule has 0 aromatic heterocycles. The minimum absolute atomic E-state index is 0.135. The molecule has 0 radical (unpaired) electrons. The summed E-state index contributed by atoms with van der Waals surface area (Å²) in [4.78, 5) is 64.6. The van der Waals surface area contributed by atoms with Gasteiger partial charge in [-0.3, -0.25) is 24.0 Å². The van der Waals surface area contributed by atoms with Crippen molar-refractivity contribution in [3.05, 3.63) is 27.8 Å². The smallest absolute Gasteiger partial charge is 0.228 e. The Morgan fingerprint density at radius 2 is 0.450 bits per heavy atom. The van der Waals surface area contributed by atoms with Gasteiger partial charge in [-0.15, -0.1) is 0 Å². The van der Waals surface area contributed by atoms with Gasteiger partial charge in [-0.25, -0.2) is 0 Å². The van der Waals surface area contributed by atoms with Crippen LogP contribution in [0.4, 0.5) is 28.4 Å². The summed E-state index contributed by atoms with van der Waals surface area (Å²) >= 11 is 0. The maximum Gasteiger partial charge on any atom is 0.228 e. The maximum absolute atomic E-state index is 12.9. The standard InChI is InChI=1S/C30H15N5O5/c36-11-1-6-16-21-22-17(26(6)31-11)7-2-13(38)33-28(7)19-9-4-15(40)35-30(9)20-10-5-14(39)34-29(10)18(23(21)25(20)24(19)22)8-3-12(37)32-27(8)16/h1-5H2,(H,31,36)(H,32,37)(H,33,38)(H,34,39)(H,35,40). The molecule has 0 bridgehead atoms. The van der Waals surface area contributed by atoms with E-state index in [1.165, 1.54) is 0 Å². The fourth-order valence-corrected chi connectivity index (χ4v) is 8.68. The molecule has 5 aliphatic heterocycles. The third-order valence-electron chi connectivity index (χ3n) is 9.78. The van der Waals surface area contributed by atoms with Gasteiger partial charge < -0.3 is 26.6 Å². The van der Waals surface area contributed by atoms with Gasteiger partial charge in [-0.05, 0) is 27.8 Å². The molecule has 6 aromatic carbocycles. The number of anilines is 5. The van der Waals surface area contributed by atoms with Gasteiger partial charge in [0.1, 0.15) is 0 Å². The Morgan fingerprint density at radius 1 is 0.275 bits per heavy atom. The molecule has 0 aliphatic carbocycles. The molecule has 40 heavy (non-hydrogen) atoms. The molecule has 5 heterocycles. The van der Waals surface area contributed by atoms with E-state index in [0.717, 1.165) is 81.7 Å². The highest BCUT2D eigenvalue weighted by molar-refractivity contribution is 6.53. The molecule has 11 rings (SSSR count). The summed E-state index contributed by atoms with van der Waals surface area (Å²) in [5.41, 5.74) is 7.58. The van der Waals surface area contributed by atoms with Crippen molar-refractivity contribution in [2.45, 2.75) is 32.1 Å². The van der Waals surface area contributed by atoms with Gasteiger partial charge in [-0.1, -0.05) is 0 Å². The predicted molar refractivity (Wildman–Crippen MR) is 149 cm³/mol. The normalized spacial score (nSPS) is 18.8. The Bertz CT molecular complexity index is 1900. The van der Waals surface area contributed by atoms with Crippen molar-refractivity contribution >= 4 is 112 Å². The number of hydrogen-bond acceptors (Lipinski definition) is 5. The first-order valence-electron chi connectivity index (χ1n) is 13.3. The van der Waals surface area contributed by atoms with Crippen molar-refractivity contribution in [3.8, 4) is 0 Å². The van der Waals surface area contributed by atoms with Crippen LogP contribution in [0.3, 0.4) is 0 Å². The van der Waals surface area contributed by atoms with E-state index in [1.54, 1.807) is 0 Å². The molecular weight excluding hydrogens is 510 g/mol. The lowest BCUT2D eigenvalue weighted by Gasteiger charge is -2.18. The highest BCUT2D eigenvalue weighted by Gasteiger charge is 2.42. The highest BCUT2D eigenvalue weighted by Crippen LogP contribution is 2.63. The summed E-state index contributed by atoms with van der Waals surface area (Å²) in [6.07, 6.45) is 0.821. The molecule has 5 aliphatic rings. The van der Waals surface area contributed by atoms with Crippen molar-refractivity contribution in [2.75, 3.05) is 26.6 Å². The van der Waals surface area contributed by atoms with E-state index in [0.29, 0.717) is 28.4 Å². The lowest BCUT2D eigenvalue weighted by Crippen LogP contribution is -2.04. The van der Waals surface area contributed by atoms with Gasteiger partial charge in [0.2, 0.25) is 29.5 Å². The molecule has 10 nitrogen and oxygen atoms in total. The summed E-state index contributed by atoms with van der Waals surface area (Å²) in [5.74, 6) is -0.676. The fraction of sp³-hybridized carbons (Fsp3) is 0.167. The number of hydrogen-bond donors (Lipinski definition) is 5. The Hall–Kier alpha value is -5.25. The molecule has 0 fully saturated rings. The molecule has 0 saturated heterocycles. The van der Waals surface area contributed by atoms with Gasteiger partial charge in [0, 0.05) is 53.9 Å². The number of rotatable bonds is 0. The van der Waals surface area contributed by atoms with Crippen LogP contribution in [0.1, 0.15) is 27.8 Å². The molecular formula is C30H15N5O5. The van der Waals surface area contributed by atoms with Crippen molar-refractivity contribution in [2.24, 2.45) is 0 Å². The first-order chi connectivity index (χ1) is 19.4. The highest BCUT2D eigenvalue weighted by atomic mass is 16.2. The monoisotopic (exact) mass is 525 g/mol. The van der Waals surface area contributed by atoms with E-state index >= 15 is 0 Å². The molecule has 0 saturated carbocycles. The predicted octanol–water partition coefficient (Wildman–Crippen LogP) is 3.24. The van der Waals surface area contributed by atoms with E-state index in [4.69, 9.17) is 0 Å². The molecule has 6 aromatic rings. The summed E-state index contributed by atoms with van der Waals surface area (Å²) in [7, 11) is 0. The van der Waals surface area contributed by atoms with Crippen LogP contribution in [0, 0.1) is 0 Å². The Balaban J connectivity index is 1.56. The zero-order valence-corrected chi connectivity index (χ0v) is 20.6. The second-order valence-corrected chi connectivity index (χ2v) is 11.6. The number of amides is 5. The van der Waals surface area contributed by atoms with E-state index in [-0.39, 0.29) is 61.6 Å². The molecule has 0 spiro atoms. The summed E-state index contributed by atoms with van der Waals surface area (Å²) in [6.45, 7) is 0. The second kappa shape index (κ2) is 5.69. The lowest BCUT2D eigenvalue weighted by atomic mass is 9.87. The SMILES string of the molecule is O=C1Cc2c(c3c4c(c5c6c(c7c8c(c9c%10c(c2c2c3c5c7c92)NC(=O)C%10)NC(=O)C8)NC(=O)C6)NC(=O)C4)N1. The van der Waals surface area contributed by atoms with Crippen LogP contribution in [-0.2, 0) is 56.1 Å². The van der Waals surface area contributed by atoms with Crippen LogP contribution < -0.4 is 26.6 Å². The fourth-order valence-electron chi connectivity index (χ4n) is 8.68. The Morgan fingerprint density at radius 3 is 0.625 bits per heavy atom. The first kappa shape index (κ1) is 19.8. The molecule has 5 amide bonds. The Kier molecular flexibility index (Phi) is 2.81. The topological polar surface area (TPSA) is 146 Å². The molecule has 0 unspecified atom stereocenters. The van der Waals surface area contributed by atoms with Crippen LogP contribution in [0.5, 0.6) is 0 Å². The van der Waals surface area contributed by atoms with Crippen molar-refractivity contribution in [1.29, 1.82) is 0 Å². The minimum Gasteiger partial charge on any atom is -0.325 e. The van der Waals surface area contributed by atoms with Crippen LogP contribution >= 0.6 is 0 Å². The zero-order valence-electron chi connectivity index (χ0n) is 20.6. The van der Waals surface area contributed by atoms with Crippen LogP contribution in [0.2, 0.25) is 0 Å². The third kappa shape index (κ3) is 1.82. The quantitative estimate of drug-likeness (QED) is 0.193. The maximum atomic E-state index is 12.9. The summed E-state index contributed by atoms with van der Waals surface area (Å²) in [5, 5.41) is 24.4. The van der Waals surface area contributed by atoms with E-state index in [1.807, 2.05) is 0 Å². The summed E-state index contributed by atoms with van der Waals surface area (Å²) in [6, 6.07) is 0. The number of benzene rings is 5. The van der Waals surface area contributed by atoms with Crippen molar-refractivity contribution in [3.63, 3.8) is 0 Å². The third-order valence-corrected chi connectivity index (χ3v) is 9.78. The Labute approximate surface area is 222 Å². The van der Waals surface area contributed by atoms with E-state index < -0.39 is 0 Å². The average Bonchev–Trinajstić information content (AvgIpc) is 3.72. The number of carbonyl (C=O) groups excluding carboxylic acids is 5. The van der Waals surface area contributed by atoms with Gasteiger partial charge in [0.05, 0.1) is 60.5 Å². The van der Waals surface area contributed by atoms with Crippen LogP contribution in [-0.4, -0.2) is 29.5 Å².